The van der Waals surface area contributed by atoms with Crippen molar-refractivity contribution in [3.05, 3.63) is 65.4 Å². The molecule has 0 aliphatic heterocycles. The molecular formula is C22H24N8O2. The summed E-state index contributed by atoms with van der Waals surface area (Å²) in [4.78, 5) is 24.0. The second-order valence-electron chi connectivity index (χ2n) is 7.55. The topological polar surface area (TPSA) is 125 Å². The van der Waals surface area contributed by atoms with Crippen molar-refractivity contribution in [1.82, 2.24) is 34.8 Å². The number of nitrogens with two attached hydrogens (primary N) is 1. The van der Waals surface area contributed by atoms with E-state index in [-0.39, 0.29) is 12.5 Å². The molecule has 32 heavy (non-hydrogen) atoms. The summed E-state index contributed by atoms with van der Waals surface area (Å²) in [6.45, 7) is 4.00. The average molecular weight is 432 g/mol. The third kappa shape index (κ3) is 4.20. The van der Waals surface area contributed by atoms with Gasteiger partial charge in [0.1, 0.15) is 12.1 Å². The summed E-state index contributed by atoms with van der Waals surface area (Å²) in [6.07, 6.45) is 1.61. The van der Waals surface area contributed by atoms with Gasteiger partial charge in [-0.3, -0.25) is 9.48 Å². The molecule has 10 nitrogen and oxygen atoms in total. The van der Waals surface area contributed by atoms with Crippen LogP contribution in [0.3, 0.4) is 0 Å². The number of hydrogen-bond acceptors (Lipinski definition) is 8. The van der Waals surface area contributed by atoms with E-state index < -0.39 is 6.04 Å². The lowest BCUT2D eigenvalue weighted by Gasteiger charge is -2.27. The van der Waals surface area contributed by atoms with Gasteiger partial charge in [-0.25, -0.2) is 9.97 Å². The van der Waals surface area contributed by atoms with Crippen molar-refractivity contribution in [2.45, 2.75) is 26.4 Å². The number of nitrogens with zero attached hydrogens (tertiary/aromatic N) is 7. The first-order valence-corrected chi connectivity index (χ1v) is 10.1. The predicted octanol–water partition coefficient (Wildman–Crippen LogP) is 2.46. The highest BCUT2D eigenvalue weighted by Gasteiger charge is 2.26. The van der Waals surface area contributed by atoms with Crippen LogP contribution in [-0.2, 0) is 13.6 Å². The van der Waals surface area contributed by atoms with E-state index in [2.05, 4.69) is 25.3 Å². The summed E-state index contributed by atoms with van der Waals surface area (Å²) in [5.41, 5.74) is 8.65. The van der Waals surface area contributed by atoms with Crippen LogP contribution in [0.2, 0.25) is 0 Å². The number of benzene rings is 1. The monoisotopic (exact) mass is 432 g/mol. The highest BCUT2D eigenvalue weighted by molar-refractivity contribution is 5.98. The highest BCUT2D eigenvalue weighted by atomic mass is 16.5. The molecule has 3 heterocycles. The van der Waals surface area contributed by atoms with Gasteiger partial charge in [0.25, 0.3) is 5.91 Å². The summed E-state index contributed by atoms with van der Waals surface area (Å²) >= 11 is 0. The number of pyridine rings is 1. The highest BCUT2D eigenvalue weighted by Crippen LogP contribution is 2.25. The van der Waals surface area contributed by atoms with Gasteiger partial charge in [-0.15, -0.1) is 5.10 Å². The van der Waals surface area contributed by atoms with Gasteiger partial charge in [0.15, 0.2) is 5.82 Å². The molecule has 4 rings (SSSR count). The molecule has 1 amide bonds. The quantitative estimate of drug-likeness (QED) is 0.493. The molecule has 0 aliphatic rings. The minimum atomic E-state index is -0.394. The molecule has 164 valence electrons. The van der Waals surface area contributed by atoms with Gasteiger partial charge < -0.3 is 15.4 Å². The summed E-state index contributed by atoms with van der Waals surface area (Å²) < 4.78 is 6.69. The molecular weight excluding hydrogens is 408 g/mol. The first-order valence-electron chi connectivity index (χ1n) is 10.1. The van der Waals surface area contributed by atoms with Gasteiger partial charge in [0, 0.05) is 24.1 Å². The number of carbonyl (C=O) groups is 1. The Labute approximate surface area is 185 Å². The van der Waals surface area contributed by atoms with Crippen molar-refractivity contribution in [2.75, 3.05) is 12.8 Å². The smallest absolute Gasteiger partial charge is 0.254 e. The molecule has 0 fully saturated rings. The molecule has 1 atom stereocenters. The zero-order valence-electron chi connectivity index (χ0n) is 18.4. The first kappa shape index (κ1) is 21.2. The molecule has 0 spiro atoms. The number of ether oxygens (including phenoxy) is 1. The van der Waals surface area contributed by atoms with E-state index in [4.69, 9.17) is 10.5 Å². The summed E-state index contributed by atoms with van der Waals surface area (Å²) in [5.74, 6) is 1.24. The molecule has 1 aromatic carbocycles. The Bertz CT molecular complexity index is 1270. The second kappa shape index (κ2) is 8.58. The lowest BCUT2D eigenvalue weighted by atomic mass is 10.1. The number of amides is 1. The Morgan fingerprint density at radius 1 is 1.22 bits per heavy atom. The maximum Gasteiger partial charge on any atom is 0.254 e. The van der Waals surface area contributed by atoms with Crippen LogP contribution in [0.15, 0.2) is 42.7 Å². The Morgan fingerprint density at radius 3 is 2.69 bits per heavy atom. The van der Waals surface area contributed by atoms with Crippen LogP contribution < -0.4 is 10.5 Å². The van der Waals surface area contributed by atoms with Crippen molar-refractivity contribution in [3.8, 4) is 5.88 Å². The van der Waals surface area contributed by atoms with E-state index in [0.717, 1.165) is 16.5 Å². The zero-order chi connectivity index (χ0) is 22.8. The normalized spacial score (nSPS) is 12.0. The van der Waals surface area contributed by atoms with E-state index in [1.54, 1.807) is 47.2 Å². The van der Waals surface area contributed by atoms with Crippen LogP contribution in [0.4, 0.5) is 5.82 Å². The Kier molecular flexibility index (Phi) is 5.67. The fraction of sp³-hybridized carbons (Fsp3) is 0.273. The molecule has 0 bridgehead atoms. The summed E-state index contributed by atoms with van der Waals surface area (Å²) in [7, 11) is 3.31. The SMILES string of the molecule is COc1ccc(CN(C(=O)c2ccc3nc(N)c(C)cc3c2)[C@@H](C)c2ncn(C)n2)nn1. The Morgan fingerprint density at radius 2 is 2.03 bits per heavy atom. The Hall–Kier alpha value is -4.08. The molecule has 0 unspecified atom stereocenters. The molecule has 0 saturated heterocycles. The number of anilines is 1. The molecule has 3 aromatic heterocycles. The van der Waals surface area contributed by atoms with Gasteiger partial charge in [-0.2, -0.15) is 10.2 Å². The third-order valence-electron chi connectivity index (χ3n) is 5.25. The van der Waals surface area contributed by atoms with Crippen molar-refractivity contribution >= 4 is 22.6 Å². The summed E-state index contributed by atoms with van der Waals surface area (Å²) in [6, 6.07) is 10.4. The van der Waals surface area contributed by atoms with Crippen molar-refractivity contribution in [2.24, 2.45) is 7.05 Å². The van der Waals surface area contributed by atoms with Crippen molar-refractivity contribution in [1.29, 1.82) is 0 Å². The van der Waals surface area contributed by atoms with E-state index in [1.807, 2.05) is 26.0 Å². The number of carbonyl (C=O) groups excluding carboxylic acids is 1. The van der Waals surface area contributed by atoms with Gasteiger partial charge in [-0.1, -0.05) is 0 Å². The number of nitrogen functional groups attached to an aromatic ring is 1. The number of aromatic nitrogens is 6. The fourth-order valence-electron chi connectivity index (χ4n) is 3.38. The summed E-state index contributed by atoms with van der Waals surface area (Å²) in [5, 5.41) is 13.4. The molecule has 10 heteroatoms. The van der Waals surface area contributed by atoms with Gasteiger partial charge >= 0.3 is 0 Å². The van der Waals surface area contributed by atoms with E-state index in [0.29, 0.717) is 28.8 Å². The predicted molar refractivity (Wildman–Crippen MR) is 119 cm³/mol. The first-order chi connectivity index (χ1) is 15.4. The Balaban J connectivity index is 1.71. The van der Waals surface area contributed by atoms with E-state index >= 15 is 0 Å². The average Bonchev–Trinajstić information content (AvgIpc) is 3.23. The minimum absolute atomic E-state index is 0.182. The second-order valence-corrected chi connectivity index (χ2v) is 7.55. The van der Waals surface area contributed by atoms with Crippen LogP contribution in [-0.4, -0.2) is 47.9 Å². The fourth-order valence-corrected chi connectivity index (χ4v) is 3.38. The van der Waals surface area contributed by atoms with Crippen molar-refractivity contribution in [3.63, 3.8) is 0 Å². The number of hydrogen-bond donors (Lipinski definition) is 1. The van der Waals surface area contributed by atoms with Crippen LogP contribution in [0.5, 0.6) is 5.88 Å². The number of methoxy groups -OCH3 is 1. The largest absolute Gasteiger partial charge is 0.480 e. The maximum absolute atomic E-state index is 13.6. The maximum atomic E-state index is 13.6. The molecule has 4 aromatic rings. The van der Waals surface area contributed by atoms with E-state index in [9.17, 15) is 4.79 Å². The minimum Gasteiger partial charge on any atom is -0.480 e. The third-order valence-corrected chi connectivity index (χ3v) is 5.25. The molecule has 0 radical (unpaired) electrons. The number of aryl methyl sites for hydroxylation is 2. The molecule has 0 aliphatic carbocycles. The zero-order valence-corrected chi connectivity index (χ0v) is 18.4. The van der Waals surface area contributed by atoms with Crippen LogP contribution >= 0.6 is 0 Å². The van der Waals surface area contributed by atoms with Crippen LogP contribution in [0.1, 0.15) is 40.4 Å². The van der Waals surface area contributed by atoms with Gasteiger partial charge in [0.05, 0.1) is 30.9 Å². The van der Waals surface area contributed by atoms with Crippen molar-refractivity contribution < 1.29 is 9.53 Å². The number of fused-ring (bicyclic) bond motifs is 1. The van der Waals surface area contributed by atoms with Crippen LogP contribution in [0.25, 0.3) is 10.9 Å². The van der Waals surface area contributed by atoms with Crippen LogP contribution in [0, 0.1) is 6.92 Å². The van der Waals surface area contributed by atoms with E-state index in [1.165, 1.54) is 7.11 Å². The molecule has 0 saturated carbocycles. The lowest BCUT2D eigenvalue weighted by Crippen LogP contribution is -2.34. The van der Waals surface area contributed by atoms with Gasteiger partial charge in [0.2, 0.25) is 5.88 Å². The lowest BCUT2D eigenvalue weighted by molar-refractivity contribution is 0.0663. The van der Waals surface area contributed by atoms with Gasteiger partial charge in [-0.05, 0) is 49.7 Å². The number of rotatable bonds is 6. The molecule has 2 N–H and O–H groups in total. The standard InChI is InChI=1S/C22H24N8O2/c1-13-9-16-10-15(5-7-18(16)25-20(13)23)22(31)30(14(2)21-24-12-29(3)28-21)11-17-6-8-19(32-4)27-26-17/h5-10,12,14H,11H2,1-4H3,(H2,23,25)/t14-/m0/s1.